The molecule has 0 amide bonds. The van der Waals surface area contributed by atoms with E-state index in [4.69, 9.17) is 5.26 Å². The molecule has 0 atom stereocenters. The summed E-state index contributed by atoms with van der Waals surface area (Å²) in [4.78, 5) is 3.26. The van der Waals surface area contributed by atoms with Gasteiger partial charge in [0.1, 0.15) is 0 Å². The van der Waals surface area contributed by atoms with Gasteiger partial charge in [0, 0.05) is 0 Å². The van der Waals surface area contributed by atoms with Gasteiger partial charge in [0.05, 0.1) is 0 Å². The molecule has 0 saturated heterocycles. The van der Waals surface area contributed by atoms with Gasteiger partial charge >= 0.3 is 0 Å². The van der Waals surface area contributed by atoms with Crippen molar-refractivity contribution >= 4 is 17.4 Å². The molecule has 0 fully saturated rings. The molecule has 4 heteroatoms. The van der Waals surface area contributed by atoms with Crippen LogP contribution in [0.1, 0.15) is 0 Å². The minimum atomic E-state index is -0.356. The number of nitrogens with two attached hydrogens (primary N) is 1. The van der Waals surface area contributed by atoms with Crippen LogP contribution >= 0.6 is 12.2 Å². The van der Waals surface area contributed by atoms with Crippen molar-refractivity contribution in [1.29, 1.82) is 0 Å². The Morgan fingerprint density at radius 3 is 2.20 bits per heavy atom. The van der Waals surface area contributed by atoms with Crippen LogP contribution in [0, 0.1) is 0 Å². The van der Waals surface area contributed by atoms with Gasteiger partial charge in [-0.15, -0.1) is 0 Å². The Bertz CT molecular complexity index is 44.9. The molecule has 3 nitrogen and oxygen atoms in total. The lowest BCUT2D eigenvalue weighted by Crippen LogP contribution is -2.08. The lowest BCUT2D eigenvalue weighted by atomic mass is 11.4. The third-order valence-corrected chi connectivity index (χ3v) is 0.165. The summed E-state index contributed by atoms with van der Waals surface area (Å²) in [6.07, 6.45) is 0. The number of rotatable bonds is 0. The van der Waals surface area contributed by atoms with Crippen molar-refractivity contribution in [1.82, 2.24) is 0 Å². The van der Waals surface area contributed by atoms with Crippen molar-refractivity contribution < 1.29 is 10.1 Å². The summed E-state index contributed by atoms with van der Waals surface area (Å²) in [5.74, 6) is 0. The second-order valence-electron chi connectivity index (χ2n) is 0.410. The summed E-state index contributed by atoms with van der Waals surface area (Å²) >= 11 is 4.00. The minimum Gasteiger partial charge on any atom is -0.358 e. The molecule has 0 aliphatic heterocycles. The van der Waals surface area contributed by atoms with Crippen LogP contribution in [0.2, 0.25) is 0 Å². The van der Waals surface area contributed by atoms with Crippen LogP contribution in [0.15, 0.2) is 0 Å². The molecule has 0 aliphatic rings. The van der Waals surface area contributed by atoms with Gasteiger partial charge in [0.25, 0.3) is 5.17 Å². The largest absolute Gasteiger partial charge is 0.358 e. The van der Waals surface area contributed by atoms with Crippen LogP contribution in [0.5, 0.6) is 0 Å². The highest BCUT2D eigenvalue weighted by molar-refractivity contribution is 7.79. The van der Waals surface area contributed by atoms with Crippen molar-refractivity contribution in [2.75, 3.05) is 0 Å². The van der Waals surface area contributed by atoms with Gasteiger partial charge in [-0.3, -0.25) is 0 Å². The van der Waals surface area contributed by atoms with E-state index in [9.17, 15) is 0 Å². The molecule has 3 N–H and O–H groups in total. The molecule has 0 aromatic carbocycles. The monoisotopic (exact) mass is 93.0 g/mol. The van der Waals surface area contributed by atoms with E-state index in [0.29, 0.717) is 0 Å². The zero-order valence-corrected chi connectivity index (χ0v) is 3.16. The molecule has 0 saturated carbocycles. The first-order valence-electron chi connectivity index (χ1n) is 0.879. The second-order valence-corrected chi connectivity index (χ2v) is 0.813. The summed E-state index contributed by atoms with van der Waals surface area (Å²) in [6, 6.07) is 0. The fourth-order valence-electron chi connectivity index (χ4n) is 0. The maximum Gasteiger partial charge on any atom is 0.293 e. The number of thiocarbonyl (C=S) groups is 1. The normalized spacial score (nSPS) is 6.60. The summed E-state index contributed by atoms with van der Waals surface area (Å²) in [5, 5.41) is 7.02. The van der Waals surface area contributed by atoms with E-state index in [-0.39, 0.29) is 5.17 Å². The first kappa shape index (κ1) is 4.65. The zero-order chi connectivity index (χ0) is 4.28. The molecular weight excluding hydrogens is 90.1 g/mol. The molecule has 0 spiro atoms. The van der Waals surface area contributed by atoms with Crippen molar-refractivity contribution in [3.8, 4) is 0 Å². The molecule has 0 rings (SSSR count). The lowest BCUT2D eigenvalue weighted by molar-refractivity contribution is -0.152. The molecule has 0 heterocycles. The van der Waals surface area contributed by atoms with Crippen LogP contribution in [0.25, 0.3) is 0 Å². The van der Waals surface area contributed by atoms with E-state index >= 15 is 0 Å². The Morgan fingerprint density at radius 1 is 2.00 bits per heavy atom. The quantitative estimate of drug-likeness (QED) is 0.246. The van der Waals surface area contributed by atoms with Crippen LogP contribution < -0.4 is 5.73 Å². The van der Waals surface area contributed by atoms with Crippen molar-refractivity contribution in [2.24, 2.45) is 5.73 Å². The molecule has 0 aromatic heterocycles. The average Bonchev–Trinajstić information content (AvgIpc) is 1.38. The third kappa shape index (κ3) is 3.65. The first-order valence-corrected chi connectivity index (χ1v) is 1.29. The molecule has 5 heavy (non-hydrogen) atoms. The smallest absolute Gasteiger partial charge is 0.293 e. The fourth-order valence-corrected chi connectivity index (χ4v) is 0. The molecule has 0 bridgehead atoms. The Kier molecular flexibility index (Phi) is 1.79. The standard InChI is InChI=1S/CH3NO2S/c2-1(5)4-3/h3H,(H2,2,5). The van der Waals surface area contributed by atoms with E-state index < -0.39 is 0 Å². The Morgan fingerprint density at radius 2 is 2.20 bits per heavy atom. The molecule has 30 valence electrons. The molecule has 0 aliphatic carbocycles. The highest BCUT2D eigenvalue weighted by Crippen LogP contribution is 1.57. The summed E-state index contributed by atoms with van der Waals surface area (Å²) < 4.78 is 0. The van der Waals surface area contributed by atoms with Gasteiger partial charge in [0.2, 0.25) is 0 Å². The predicted octanol–water partition coefficient (Wildman–Crippen LogP) is -0.280. The second kappa shape index (κ2) is 1.92. The number of hydrogen-bond acceptors (Lipinski definition) is 3. The summed E-state index contributed by atoms with van der Waals surface area (Å²) in [7, 11) is 0. The van der Waals surface area contributed by atoms with E-state index in [1.807, 2.05) is 0 Å². The van der Waals surface area contributed by atoms with Crippen LogP contribution in [0.4, 0.5) is 0 Å². The van der Waals surface area contributed by atoms with Crippen LogP contribution in [-0.2, 0) is 4.89 Å². The predicted molar refractivity (Wildman–Crippen MR) is 20.5 cm³/mol. The zero-order valence-electron chi connectivity index (χ0n) is 2.34. The Hall–Kier alpha value is -0.350. The van der Waals surface area contributed by atoms with Gasteiger partial charge in [0.15, 0.2) is 0 Å². The molecular formula is CH3NO2S. The lowest BCUT2D eigenvalue weighted by Gasteiger charge is -1.81. The highest BCUT2D eigenvalue weighted by atomic mass is 32.1. The van der Waals surface area contributed by atoms with Crippen LogP contribution in [0.3, 0.4) is 0 Å². The van der Waals surface area contributed by atoms with E-state index in [2.05, 4.69) is 22.8 Å². The fraction of sp³-hybridized carbons (Fsp3) is 0. The van der Waals surface area contributed by atoms with Gasteiger partial charge in [-0.05, 0) is 12.2 Å². The highest BCUT2D eigenvalue weighted by Gasteiger charge is 1.72. The van der Waals surface area contributed by atoms with E-state index in [1.54, 1.807) is 0 Å². The molecule has 0 unspecified atom stereocenters. The van der Waals surface area contributed by atoms with E-state index in [1.165, 1.54) is 0 Å². The van der Waals surface area contributed by atoms with Gasteiger partial charge in [-0.2, -0.15) is 0 Å². The Labute approximate surface area is 34.3 Å². The maximum atomic E-state index is 7.38. The third-order valence-electron chi connectivity index (χ3n) is 0.0900. The van der Waals surface area contributed by atoms with Gasteiger partial charge < -0.3 is 10.6 Å². The van der Waals surface area contributed by atoms with Crippen molar-refractivity contribution in [3.05, 3.63) is 0 Å². The Balaban J connectivity index is 2.85. The summed E-state index contributed by atoms with van der Waals surface area (Å²) in [6.45, 7) is 0. The van der Waals surface area contributed by atoms with Gasteiger partial charge in [-0.25, -0.2) is 5.26 Å². The van der Waals surface area contributed by atoms with Crippen molar-refractivity contribution in [3.63, 3.8) is 0 Å². The number of hydrogen-bond donors (Lipinski definition) is 2. The minimum absolute atomic E-state index is 0.356. The van der Waals surface area contributed by atoms with E-state index in [0.717, 1.165) is 0 Å². The average molecular weight is 93.1 g/mol. The SMILES string of the molecule is NC(=S)OO. The maximum absolute atomic E-state index is 7.38. The van der Waals surface area contributed by atoms with Crippen LogP contribution in [-0.4, -0.2) is 10.4 Å². The van der Waals surface area contributed by atoms with Crippen molar-refractivity contribution in [2.45, 2.75) is 0 Å². The first-order chi connectivity index (χ1) is 2.27. The molecule has 0 aromatic rings. The van der Waals surface area contributed by atoms with Gasteiger partial charge in [-0.1, -0.05) is 0 Å². The topological polar surface area (TPSA) is 55.5 Å². The molecule has 0 radical (unpaired) electrons. The summed E-state index contributed by atoms with van der Waals surface area (Å²) in [5.41, 5.74) is 4.55.